The van der Waals surface area contributed by atoms with Gasteiger partial charge in [0.2, 0.25) is 0 Å². The van der Waals surface area contributed by atoms with E-state index in [-0.39, 0.29) is 23.6 Å². The molecule has 1 aromatic heterocycles. The second-order valence-corrected chi connectivity index (χ2v) is 7.18. The number of carbonyl (C=O) groups is 3. The Morgan fingerprint density at radius 2 is 1.97 bits per heavy atom. The molecule has 2 heterocycles. The minimum Gasteiger partial charge on any atom is -0.462 e. The van der Waals surface area contributed by atoms with E-state index < -0.39 is 11.9 Å². The molecule has 152 valence electrons. The van der Waals surface area contributed by atoms with Gasteiger partial charge in [-0.05, 0) is 43.9 Å². The summed E-state index contributed by atoms with van der Waals surface area (Å²) in [6.07, 6.45) is 4.97. The summed E-state index contributed by atoms with van der Waals surface area (Å²) in [7, 11) is 0. The molecule has 0 radical (unpaired) electrons. The first-order valence-electron chi connectivity index (χ1n) is 9.81. The predicted molar refractivity (Wildman–Crippen MR) is 109 cm³/mol. The Kier molecular flexibility index (Phi) is 6.59. The van der Waals surface area contributed by atoms with Gasteiger partial charge in [0.05, 0.1) is 29.0 Å². The molecule has 29 heavy (non-hydrogen) atoms. The van der Waals surface area contributed by atoms with Gasteiger partial charge in [-0.25, -0.2) is 4.79 Å². The number of piperidine rings is 1. The third kappa shape index (κ3) is 4.99. The Hall–Kier alpha value is -3.22. The molecule has 7 nitrogen and oxygen atoms in total. The summed E-state index contributed by atoms with van der Waals surface area (Å²) in [5, 5.41) is 2.71. The lowest BCUT2D eigenvalue weighted by atomic mass is 9.99. The highest BCUT2D eigenvalue weighted by Crippen LogP contribution is 2.20. The highest BCUT2D eigenvalue weighted by atomic mass is 16.5. The summed E-state index contributed by atoms with van der Waals surface area (Å²) in [6, 6.07) is 8.17. The second kappa shape index (κ2) is 9.32. The monoisotopic (exact) mass is 395 g/mol. The lowest BCUT2D eigenvalue weighted by Gasteiger charge is -2.31. The average Bonchev–Trinajstić information content (AvgIpc) is 2.74. The summed E-state index contributed by atoms with van der Waals surface area (Å²) in [4.78, 5) is 43.5. The number of nitrogens with one attached hydrogen (secondary N) is 1. The lowest BCUT2D eigenvalue weighted by Crippen LogP contribution is -2.39. The third-order valence-electron chi connectivity index (χ3n) is 4.86. The van der Waals surface area contributed by atoms with E-state index in [0.717, 1.165) is 12.8 Å². The minimum atomic E-state index is -0.510. The molecule has 0 aliphatic carbocycles. The van der Waals surface area contributed by atoms with Crippen LogP contribution in [0.15, 0.2) is 42.7 Å². The highest BCUT2D eigenvalue weighted by Gasteiger charge is 2.23. The number of benzene rings is 1. The Morgan fingerprint density at radius 3 is 2.72 bits per heavy atom. The smallest absolute Gasteiger partial charge is 0.340 e. The highest BCUT2D eigenvalue weighted by molar-refractivity contribution is 6.08. The van der Waals surface area contributed by atoms with Crippen molar-refractivity contribution < 1.29 is 19.1 Å². The third-order valence-corrected chi connectivity index (χ3v) is 4.86. The Balaban J connectivity index is 1.77. The van der Waals surface area contributed by atoms with Crippen molar-refractivity contribution in [2.75, 3.05) is 25.0 Å². The molecule has 2 amide bonds. The van der Waals surface area contributed by atoms with Gasteiger partial charge in [-0.1, -0.05) is 19.1 Å². The quantitative estimate of drug-likeness (QED) is 0.784. The van der Waals surface area contributed by atoms with Crippen LogP contribution < -0.4 is 5.32 Å². The molecule has 3 rings (SSSR count). The van der Waals surface area contributed by atoms with Gasteiger partial charge in [0.25, 0.3) is 11.8 Å². The average molecular weight is 395 g/mol. The van der Waals surface area contributed by atoms with Crippen molar-refractivity contribution in [2.24, 2.45) is 5.92 Å². The molecule has 1 fully saturated rings. The number of ether oxygens (including phenoxy) is 1. The fraction of sp³-hybridized carbons (Fsp3) is 0.364. The van der Waals surface area contributed by atoms with Crippen molar-refractivity contribution in [2.45, 2.75) is 26.7 Å². The molecule has 1 unspecified atom stereocenters. The van der Waals surface area contributed by atoms with Crippen molar-refractivity contribution in [1.29, 1.82) is 0 Å². The first-order chi connectivity index (χ1) is 14.0. The first kappa shape index (κ1) is 20.5. The molecule has 1 N–H and O–H groups in total. The zero-order valence-electron chi connectivity index (χ0n) is 16.7. The molecule has 0 saturated carbocycles. The molecule has 1 aromatic carbocycles. The molecule has 1 aliphatic heterocycles. The van der Waals surface area contributed by atoms with Gasteiger partial charge in [0.1, 0.15) is 0 Å². The molecule has 0 bridgehead atoms. The number of aromatic nitrogens is 1. The van der Waals surface area contributed by atoms with Gasteiger partial charge in [0, 0.05) is 25.5 Å². The summed E-state index contributed by atoms with van der Waals surface area (Å²) in [6.45, 7) is 5.51. The van der Waals surface area contributed by atoms with Crippen LogP contribution in [0.3, 0.4) is 0 Å². The van der Waals surface area contributed by atoms with Crippen LogP contribution in [0, 0.1) is 5.92 Å². The summed E-state index contributed by atoms with van der Waals surface area (Å²) >= 11 is 0. The van der Waals surface area contributed by atoms with Crippen LogP contribution in [0.2, 0.25) is 0 Å². The molecule has 1 saturated heterocycles. The number of para-hydroxylation sites is 1. The normalized spacial score (nSPS) is 16.2. The molecule has 7 heteroatoms. The minimum absolute atomic E-state index is 0.120. The summed E-state index contributed by atoms with van der Waals surface area (Å²) in [5.74, 6) is -0.613. The number of pyridine rings is 1. The van der Waals surface area contributed by atoms with Crippen LogP contribution in [-0.2, 0) is 4.74 Å². The van der Waals surface area contributed by atoms with Crippen molar-refractivity contribution in [3.05, 3.63) is 59.4 Å². The molecule has 0 spiro atoms. The van der Waals surface area contributed by atoms with Crippen LogP contribution >= 0.6 is 0 Å². The number of likely N-dealkylation sites (tertiary alicyclic amines) is 1. The van der Waals surface area contributed by atoms with E-state index in [9.17, 15) is 14.4 Å². The topological polar surface area (TPSA) is 88.6 Å². The molecular weight excluding hydrogens is 370 g/mol. The van der Waals surface area contributed by atoms with Gasteiger partial charge < -0.3 is 15.0 Å². The maximum atomic E-state index is 12.8. The Labute approximate surface area is 170 Å². The number of nitrogens with zero attached hydrogens (tertiary/aromatic N) is 2. The predicted octanol–water partition coefficient (Wildman–Crippen LogP) is 3.38. The van der Waals surface area contributed by atoms with Gasteiger partial charge in [-0.2, -0.15) is 0 Å². The standard InChI is InChI=1S/C22H25N3O4/c1-3-29-22(28)18-8-4-5-9-19(18)24-20(26)16-11-17(13-23-12-16)21(27)25-10-6-7-15(2)14-25/h4-5,8-9,11-13,15H,3,6-7,10,14H2,1-2H3,(H,24,26). The van der Waals surface area contributed by atoms with Gasteiger partial charge >= 0.3 is 5.97 Å². The van der Waals surface area contributed by atoms with Gasteiger partial charge in [-0.15, -0.1) is 0 Å². The van der Waals surface area contributed by atoms with E-state index >= 15 is 0 Å². The van der Waals surface area contributed by atoms with Crippen molar-refractivity contribution in [3.8, 4) is 0 Å². The zero-order valence-corrected chi connectivity index (χ0v) is 16.7. The van der Waals surface area contributed by atoms with Crippen LogP contribution in [0.25, 0.3) is 0 Å². The van der Waals surface area contributed by atoms with Crippen LogP contribution in [-0.4, -0.2) is 47.4 Å². The lowest BCUT2D eigenvalue weighted by molar-refractivity contribution is 0.0527. The van der Waals surface area contributed by atoms with E-state index in [2.05, 4.69) is 17.2 Å². The number of hydrogen-bond acceptors (Lipinski definition) is 5. The van der Waals surface area contributed by atoms with Gasteiger partial charge in [-0.3, -0.25) is 14.6 Å². The fourth-order valence-corrected chi connectivity index (χ4v) is 3.41. The van der Waals surface area contributed by atoms with E-state index in [0.29, 0.717) is 30.3 Å². The van der Waals surface area contributed by atoms with Crippen LogP contribution in [0.5, 0.6) is 0 Å². The SMILES string of the molecule is CCOC(=O)c1ccccc1NC(=O)c1cncc(C(=O)N2CCCC(C)C2)c1. The molecular formula is C22H25N3O4. The van der Waals surface area contributed by atoms with Crippen molar-refractivity contribution >= 4 is 23.5 Å². The number of carbonyl (C=O) groups excluding carboxylic acids is 3. The number of rotatable bonds is 5. The fourth-order valence-electron chi connectivity index (χ4n) is 3.41. The summed E-state index contributed by atoms with van der Waals surface area (Å²) in [5.41, 5.74) is 1.24. The van der Waals surface area contributed by atoms with Crippen LogP contribution in [0.4, 0.5) is 5.69 Å². The maximum Gasteiger partial charge on any atom is 0.340 e. The van der Waals surface area contributed by atoms with Crippen molar-refractivity contribution in [3.63, 3.8) is 0 Å². The second-order valence-electron chi connectivity index (χ2n) is 7.18. The van der Waals surface area contributed by atoms with E-state index in [1.165, 1.54) is 18.5 Å². The number of hydrogen-bond donors (Lipinski definition) is 1. The Morgan fingerprint density at radius 1 is 1.21 bits per heavy atom. The van der Waals surface area contributed by atoms with Gasteiger partial charge in [0.15, 0.2) is 0 Å². The summed E-state index contributed by atoms with van der Waals surface area (Å²) < 4.78 is 5.03. The van der Waals surface area contributed by atoms with Crippen LogP contribution in [0.1, 0.15) is 57.8 Å². The van der Waals surface area contributed by atoms with Crippen molar-refractivity contribution in [1.82, 2.24) is 9.88 Å². The molecule has 1 atom stereocenters. The maximum absolute atomic E-state index is 12.8. The number of anilines is 1. The van der Waals surface area contributed by atoms with E-state index in [4.69, 9.17) is 4.74 Å². The zero-order chi connectivity index (χ0) is 20.8. The Bertz CT molecular complexity index is 912. The molecule has 2 aromatic rings. The molecule has 1 aliphatic rings. The van der Waals surface area contributed by atoms with E-state index in [1.807, 2.05) is 4.90 Å². The largest absolute Gasteiger partial charge is 0.462 e. The van der Waals surface area contributed by atoms with E-state index in [1.54, 1.807) is 31.2 Å². The number of amides is 2. The number of esters is 1. The first-order valence-corrected chi connectivity index (χ1v) is 9.81.